The van der Waals surface area contributed by atoms with Crippen molar-refractivity contribution in [2.24, 2.45) is 0 Å². The molecule has 2 rings (SSSR count). The Bertz CT molecular complexity index is 602. The van der Waals surface area contributed by atoms with Crippen LogP contribution in [0.4, 0.5) is 14.9 Å². The zero-order valence-corrected chi connectivity index (χ0v) is 11.8. The molecule has 0 radical (unpaired) electrons. The highest BCUT2D eigenvalue weighted by Gasteiger charge is 2.03. The Balaban J connectivity index is 1.87. The lowest BCUT2D eigenvalue weighted by Gasteiger charge is -2.08. The van der Waals surface area contributed by atoms with Gasteiger partial charge in [-0.2, -0.15) is 0 Å². The van der Waals surface area contributed by atoms with Gasteiger partial charge in [-0.15, -0.1) is 0 Å². The summed E-state index contributed by atoms with van der Waals surface area (Å²) in [6, 6.07) is 8.44. The Morgan fingerprint density at radius 3 is 2.64 bits per heavy atom. The van der Waals surface area contributed by atoms with Crippen molar-refractivity contribution in [2.75, 3.05) is 18.5 Å². The summed E-state index contributed by atoms with van der Waals surface area (Å²) in [4.78, 5) is 15.5. The van der Waals surface area contributed by atoms with Gasteiger partial charge in [0, 0.05) is 19.2 Å². The van der Waals surface area contributed by atoms with E-state index < -0.39 is 0 Å². The van der Waals surface area contributed by atoms with Gasteiger partial charge in [0.1, 0.15) is 11.6 Å². The molecule has 2 amide bonds. The number of carbonyl (C=O) groups is 1. The first-order chi connectivity index (χ1) is 10.7. The highest BCUT2D eigenvalue weighted by atomic mass is 19.1. The number of nitrogens with one attached hydrogen (secondary N) is 2. The van der Waals surface area contributed by atoms with E-state index in [4.69, 9.17) is 9.84 Å². The largest absolute Gasteiger partial charge is 0.439 e. The molecule has 0 saturated carbocycles. The molecule has 0 atom stereocenters. The van der Waals surface area contributed by atoms with Crippen LogP contribution >= 0.6 is 0 Å². The second-order valence-electron chi connectivity index (χ2n) is 4.40. The van der Waals surface area contributed by atoms with E-state index in [-0.39, 0.29) is 18.5 Å². The third-order valence-corrected chi connectivity index (χ3v) is 2.65. The van der Waals surface area contributed by atoms with Crippen molar-refractivity contribution in [3.8, 4) is 11.6 Å². The van der Waals surface area contributed by atoms with Crippen LogP contribution in [0.2, 0.25) is 0 Å². The van der Waals surface area contributed by atoms with Crippen molar-refractivity contribution < 1.29 is 19.0 Å². The van der Waals surface area contributed by atoms with E-state index in [2.05, 4.69) is 15.6 Å². The number of aliphatic hydroxyl groups excluding tert-OH is 1. The number of hydrogen-bond acceptors (Lipinski definition) is 4. The van der Waals surface area contributed by atoms with E-state index in [0.717, 1.165) is 0 Å². The summed E-state index contributed by atoms with van der Waals surface area (Å²) in [5.41, 5.74) is 0.507. The van der Waals surface area contributed by atoms with E-state index in [1.54, 1.807) is 12.1 Å². The Morgan fingerprint density at radius 1 is 1.23 bits per heavy atom. The molecule has 1 aromatic heterocycles. The minimum atomic E-state index is -0.373. The van der Waals surface area contributed by atoms with Crippen molar-refractivity contribution in [1.82, 2.24) is 10.3 Å². The fraction of sp³-hybridized carbons (Fsp3) is 0.200. The molecule has 0 saturated heterocycles. The van der Waals surface area contributed by atoms with Crippen LogP contribution in [0.1, 0.15) is 6.42 Å². The predicted octanol–water partition coefficient (Wildman–Crippen LogP) is 2.52. The molecule has 1 aromatic carbocycles. The average Bonchev–Trinajstić information content (AvgIpc) is 2.52. The number of aliphatic hydroxyl groups is 1. The smallest absolute Gasteiger partial charge is 0.319 e. The number of amides is 2. The number of pyridine rings is 1. The van der Waals surface area contributed by atoms with Crippen LogP contribution in [0.25, 0.3) is 0 Å². The first-order valence-electron chi connectivity index (χ1n) is 6.72. The number of aromatic nitrogens is 1. The van der Waals surface area contributed by atoms with Gasteiger partial charge in [0.25, 0.3) is 0 Å². The SMILES string of the molecule is O=C(NCCCO)Nc1ccc(Oc2ccc(F)cc2)nc1. The topological polar surface area (TPSA) is 83.5 Å². The number of benzene rings is 1. The number of ether oxygens (including phenoxy) is 1. The Labute approximate surface area is 127 Å². The van der Waals surface area contributed by atoms with Crippen LogP contribution in [0.15, 0.2) is 42.6 Å². The molecule has 0 bridgehead atoms. The van der Waals surface area contributed by atoms with Gasteiger partial charge in [-0.25, -0.2) is 14.2 Å². The maximum Gasteiger partial charge on any atom is 0.319 e. The van der Waals surface area contributed by atoms with Crippen LogP contribution in [0.3, 0.4) is 0 Å². The summed E-state index contributed by atoms with van der Waals surface area (Å²) >= 11 is 0. The molecule has 0 aliphatic rings. The molecule has 3 N–H and O–H groups in total. The monoisotopic (exact) mass is 305 g/mol. The predicted molar refractivity (Wildman–Crippen MR) is 79.4 cm³/mol. The van der Waals surface area contributed by atoms with Gasteiger partial charge in [0.15, 0.2) is 0 Å². The number of hydrogen-bond donors (Lipinski definition) is 3. The third-order valence-electron chi connectivity index (χ3n) is 2.65. The molecule has 0 spiro atoms. The number of urea groups is 1. The zero-order chi connectivity index (χ0) is 15.8. The second kappa shape index (κ2) is 7.94. The Kier molecular flexibility index (Phi) is 5.67. The maximum atomic E-state index is 12.8. The average molecular weight is 305 g/mol. The van der Waals surface area contributed by atoms with E-state index in [0.29, 0.717) is 30.3 Å². The molecule has 0 aliphatic carbocycles. The summed E-state index contributed by atoms with van der Waals surface area (Å²) in [7, 11) is 0. The van der Waals surface area contributed by atoms with Gasteiger partial charge < -0.3 is 20.5 Å². The minimum absolute atomic E-state index is 0.0251. The van der Waals surface area contributed by atoms with Gasteiger partial charge in [0.2, 0.25) is 5.88 Å². The van der Waals surface area contributed by atoms with Gasteiger partial charge in [-0.05, 0) is 36.8 Å². The van der Waals surface area contributed by atoms with Crippen LogP contribution in [-0.2, 0) is 0 Å². The molecule has 0 unspecified atom stereocenters. The maximum absolute atomic E-state index is 12.8. The first kappa shape index (κ1) is 15.7. The Hall–Kier alpha value is -2.67. The second-order valence-corrected chi connectivity index (χ2v) is 4.40. The van der Waals surface area contributed by atoms with Crippen molar-refractivity contribution in [3.05, 3.63) is 48.4 Å². The standard InChI is InChI=1S/C15H16FN3O3/c16-11-2-5-13(6-3-11)22-14-7-4-12(10-18-14)19-15(21)17-8-1-9-20/h2-7,10,20H,1,8-9H2,(H2,17,19,21). The lowest BCUT2D eigenvalue weighted by molar-refractivity contribution is 0.249. The summed E-state index contributed by atoms with van der Waals surface area (Å²) in [5.74, 6) is 0.460. The number of carbonyl (C=O) groups excluding carboxylic acids is 1. The molecular weight excluding hydrogens is 289 g/mol. The lowest BCUT2D eigenvalue weighted by atomic mass is 10.3. The van der Waals surface area contributed by atoms with E-state index in [1.807, 2.05) is 0 Å². The molecule has 2 aromatic rings. The molecular formula is C15H16FN3O3. The van der Waals surface area contributed by atoms with Crippen molar-refractivity contribution in [2.45, 2.75) is 6.42 Å². The fourth-order valence-corrected chi connectivity index (χ4v) is 1.59. The number of rotatable bonds is 6. The van der Waals surface area contributed by atoms with Gasteiger partial charge in [-0.1, -0.05) is 0 Å². The molecule has 6 nitrogen and oxygen atoms in total. The van der Waals surface area contributed by atoms with E-state index in [9.17, 15) is 9.18 Å². The highest BCUT2D eigenvalue weighted by Crippen LogP contribution is 2.20. The zero-order valence-electron chi connectivity index (χ0n) is 11.8. The quantitative estimate of drug-likeness (QED) is 0.716. The lowest BCUT2D eigenvalue weighted by Crippen LogP contribution is -2.29. The molecule has 1 heterocycles. The van der Waals surface area contributed by atoms with Crippen molar-refractivity contribution >= 4 is 11.7 Å². The molecule has 22 heavy (non-hydrogen) atoms. The number of halogens is 1. The van der Waals surface area contributed by atoms with Gasteiger partial charge >= 0.3 is 6.03 Å². The van der Waals surface area contributed by atoms with Crippen molar-refractivity contribution in [1.29, 1.82) is 0 Å². The molecule has 116 valence electrons. The molecule has 7 heteroatoms. The summed E-state index contributed by atoms with van der Waals surface area (Å²) in [6.07, 6.45) is 1.95. The Morgan fingerprint density at radius 2 is 2.00 bits per heavy atom. The summed E-state index contributed by atoms with van der Waals surface area (Å²) in [5, 5.41) is 13.8. The number of anilines is 1. The minimum Gasteiger partial charge on any atom is -0.439 e. The first-order valence-corrected chi connectivity index (χ1v) is 6.72. The number of nitrogens with zero attached hydrogens (tertiary/aromatic N) is 1. The highest BCUT2D eigenvalue weighted by molar-refractivity contribution is 5.88. The van der Waals surface area contributed by atoms with Crippen LogP contribution in [0.5, 0.6) is 11.6 Å². The van der Waals surface area contributed by atoms with E-state index >= 15 is 0 Å². The van der Waals surface area contributed by atoms with Crippen LogP contribution in [0, 0.1) is 5.82 Å². The molecule has 0 aliphatic heterocycles. The molecule has 0 fully saturated rings. The van der Waals surface area contributed by atoms with Gasteiger partial charge in [-0.3, -0.25) is 0 Å². The fourth-order valence-electron chi connectivity index (χ4n) is 1.59. The van der Waals surface area contributed by atoms with Crippen LogP contribution < -0.4 is 15.4 Å². The summed E-state index contributed by atoms with van der Waals surface area (Å²) < 4.78 is 18.2. The third kappa shape index (κ3) is 5.02. The van der Waals surface area contributed by atoms with Gasteiger partial charge in [0.05, 0.1) is 11.9 Å². The van der Waals surface area contributed by atoms with E-state index in [1.165, 1.54) is 30.5 Å². The summed E-state index contributed by atoms with van der Waals surface area (Å²) in [6.45, 7) is 0.415. The van der Waals surface area contributed by atoms with Crippen molar-refractivity contribution in [3.63, 3.8) is 0 Å². The normalized spacial score (nSPS) is 10.1. The van der Waals surface area contributed by atoms with Crippen LogP contribution in [-0.4, -0.2) is 29.3 Å².